The Kier molecular flexibility index (Phi) is 12.2. The van der Waals surface area contributed by atoms with Gasteiger partial charge in [-0.2, -0.15) is 0 Å². The van der Waals surface area contributed by atoms with Crippen LogP contribution >= 0.6 is 0 Å². The summed E-state index contributed by atoms with van der Waals surface area (Å²) >= 11 is 0. The summed E-state index contributed by atoms with van der Waals surface area (Å²) in [4.78, 5) is 25.8. The van der Waals surface area contributed by atoms with Crippen molar-refractivity contribution >= 4 is 12.0 Å². The Morgan fingerprint density at radius 1 is 0.925 bits per heavy atom. The van der Waals surface area contributed by atoms with Crippen molar-refractivity contribution in [2.45, 2.75) is 32.4 Å². The third-order valence-corrected chi connectivity index (χ3v) is 5.93. The molecule has 1 unspecified atom stereocenters. The van der Waals surface area contributed by atoms with Crippen LogP contribution in [0, 0.1) is 11.6 Å². The number of ether oxygens (including phenoxy) is 3. The summed E-state index contributed by atoms with van der Waals surface area (Å²) in [6, 6.07) is 19.1. The number of amides is 2. The molecule has 214 valence electrons. The Labute approximate surface area is 232 Å². The molecular weight excluding hydrogens is 522 g/mol. The third kappa shape index (κ3) is 10.2. The second kappa shape index (κ2) is 16.0. The van der Waals surface area contributed by atoms with Crippen LogP contribution in [0.15, 0.2) is 72.8 Å². The lowest BCUT2D eigenvalue weighted by atomic mass is 10.1. The number of carboxylic acid groups (broad SMARTS) is 1. The molecular formula is C30H34F2N2O6. The van der Waals surface area contributed by atoms with Gasteiger partial charge in [-0.3, -0.25) is 0 Å². The summed E-state index contributed by atoms with van der Waals surface area (Å²) in [5.74, 6) is -1.14. The van der Waals surface area contributed by atoms with Crippen LogP contribution in [0.2, 0.25) is 0 Å². The van der Waals surface area contributed by atoms with Crippen LogP contribution in [-0.4, -0.2) is 61.0 Å². The maximum atomic E-state index is 14.0. The predicted octanol–water partition coefficient (Wildman–Crippen LogP) is 5.06. The average Bonchev–Trinajstić information content (AvgIpc) is 2.94. The lowest BCUT2D eigenvalue weighted by Gasteiger charge is -2.23. The molecule has 0 heterocycles. The van der Waals surface area contributed by atoms with E-state index >= 15 is 0 Å². The lowest BCUT2D eigenvalue weighted by Crippen LogP contribution is -2.42. The fourth-order valence-electron chi connectivity index (χ4n) is 3.85. The van der Waals surface area contributed by atoms with Crippen molar-refractivity contribution in [2.75, 3.05) is 32.9 Å². The number of rotatable bonds is 16. The van der Waals surface area contributed by atoms with Crippen molar-refractivity contribution < 1.29 is 37.7 Å². The van der Waals surface area contributed by atoms with E-state index in [9.17, 15) is 23.5 Å². The van der Waals surface area contributed by atoms with Crippen molar-refractivity contribution in [3.05, 3.63) is 95.6 Å². The van der Waals surface area contributed by atoms with Crippen LogP contribution in [0.5, 0.6) is 11.5 Å². The van der Waals surface area contributed by atoms with Crippen molar-refractivity contribution in [1.29, 1.82) is 0 Å². The first-order chi connectivity index (χ1) is 19.4. The molecule has 3 rings (SSSR count). The molecule has 40 heavy (non-hydrogen) atoms. The molecule has 0 spiro atoms. The maximum Gasteiger partial charge on any atom is 0.333 e. The highest BCUT2D eigenvalue weighted by molar-refractivity contribution is 5.74. The third-order valence-electron chi connectivity index (χ3n) is 5.93. The first-order valence-corrected chi connectivity index (χ1v) is 13.1. The van der Waals surface area contributed by atoms with E-state index in [1.165, 1.54) is 6.07 Å². The summed E-state index contributed by atoms with van der Waals surface area (Å²) in [5.41, 5.74) is 0.966. The lowest BCUT2D eigenvalue weighted by molar-refractivity contribution is -0.149. The number of aliphatic carboxylic acids is 1. The van der Waals surface area contributed by atoms with Crippen molar-refractivity contribution in [1.82, 2.24) is 10.2 Å². The van der Waals surface area contributed by atoms with Crippen molar-refractivity contribution in [2.24, 2.45) is 0 Å². The van der Waals surface area contributed by atoms with Gasteiger partial charge in [0.2, 0.25) is 0 Å². The number of urea groups is 1. The molecule has 0 fully saturated rings. The van der Waals surface area contributed by atoms with Gasteiger partial charge in [0.1, 0.15) is 29.7 Å². The standard InChI is InChI=1S/C30H34F2N2O6/c1-2-38-28(29(35)36)19-22-9-13-26(14-10-22)40-18-16-34(15-6-17-39-25-7-4-3-5-8-25)30(37)33-21-23-11-12-24(31)20-27(23)32/h3-5,7-14,20,28H,2,6,15-19,21H2,1H3,(H,33,37)(H,35,36). The van der Waals surface area contributed by atoms with Crippen LogP contribution in [0.1, 0.15) is 24.5 Å². The molecule has 0 aliphatic rings. The van der Waals surface area contributed by atoms with Gasteiger partial charge in [0.15, 0.2) is 6.10 Å². The van der Waals surface area contributed by atoms with E-state index in [4.69, 9.17) is 14.2 Å². The molecule has 3 aromatic rings. The Balaban J connectivity index is 1.53. The van der Waals surface area contributed by atoms with Gasteiger partial charge in [0.05, 0.1) is 13.2 Å². The summed E-state index contributed by atoms with van der Waals surface area (Å²) < 4.78 is 44.0. The number of halogens is 2. The smallest absolute Gasteiger partial charge is 0.333 e. The predicted molar refractivity (Wildman–Crippen MR) is 145 cm³/mol. The van der Waals surface area contributed by atoms with E-state index < -0.39 is 29.7 Å². The topological polar surface area (TPSA) is 97.3 Å². The minimum absolute atomic E-state index is 0.0939. The zero-order chi connectivity index (χ0) is 28.7. The van der Waals surface area contributed by atoms with Gasteiger partial charge in [0, 0.05) is 37.7 Å². The number of nitrogens with zero attached hydrogens (tertiary/aromatic N) is 1. The zero-order valence-electron chi connectivity index (χ0n) is 22.4. The largest absolute Gasteiger partial charge is 0.494 e. The van der Waals surface area contributed by atoms with E-state index in [1.54, 1.807) is 36.1 Å². The van der Waals surface area contributed by atoms with Crippen molar-refractivity contribution in [3.8, 4) is 11.5 Å². The number of carboxylic acids is 1. The summed E-state index contributed by atoms with van der Waals surface area (Å²) in [6.45, 7) is 3.14. The number of carbonyl (C=O) groups excluding carboxylic acids is 1. The highest BCUT2D eigenvalue weighted by Gasteiger charge is 2.18. The van der Waals surface area contributed by atoms with Gasteiger partial charge in [-0.05, 0) is 49.2 Å². The maximum absolute atomic E-state index is 14.0. The minimum atomic E-state index is -1.02. The van der Waals surface area contributed by atoms with Gasteiger partial charge < -0.3 is 29.5 Å². The average molecular weight is 557 g/mol. The van der Waals surface area contributed by atoms with E-state index in [1.807, 2.05) is 30.3 Å². The fraction of sp³-hybridized carbons (Fsp3) is 0.333. The number of hydrogen-bond acceptors (Lipinski definition) is 5. The van der Waals surface area contributed by atoms with Crippen molar-refractivity contribution in [3.63, 3.8) is 0 Å². The van der Waals surface area contributed by atoms with Gasteiger partial charge in [-0.25, -0.2) is 18.4 Å². The molecule has 2 amide bonds. The van der Waals surface area contributed by atoms with Gasteiger partial charge >= 0.3 is 12.0 Å². The second-order valence-electron chi connectivity index (χ2n) is 8.88. The second-order valence-corrected chi connectivity index (χ2v) is 8.88. The van der Waals surface area contributed by atoms with E-state index in [-0.39, 0.29) is 31.7 Å². The molecule has 0 saturated carbocycles. The van der Waals surface area contributed by atoms with Crippen LogP contribution < -0.4 is 14.8 Å². The Hall–Kier alpha value is -4.18. The Morgan fingerprint density at radius 2 is 1.62 bits per heavy atom. The van der Waals surface area contributed by atoms with E-state index in [2.05, 4.69) is 5.32 Å². The SMILES string of the molecule is CCOC(Cc1ccc(OCCN(CCCOc2ccccc2)C(=O)NCc2ccc(F)cc2F)cc1)C(=O)O. The number of nitrogens with one attached hydrogen (secondary N) is 1. The van der Waals surface area contributed by atoms with Gasteiger partial charge in [0.25, 0.3) is 0 Å². The van der Waals surface area contributed by atoms with Crippen LogP contribution in [0.4, 0.5) is 13.6 Å². The summed E-state index contributed by atoms with van der Waals surface area (Å²) in [5, 5.41) is 11.9. The molecule has 1 atom stereocenters. The van der Waals surface area contributed by atoms with Crippen LogP contribution in [0.25, 0.3) is 0 Å². The number of hydrogen-bond donors (Lipinski definition) is 2. The molecule has 3 aromatic carbocycles. The van der Waals surface area contributed by atoms with Crippen LogP contribution in [0.3, 0.4) is 0 Å². The van der Waals surface area contributed by atoms with Gasteiger partial charge in [-0.15, -0.1) is 0 Å². The normalized spacial score (nSPS) is 11.5. The molecule has 0 aliphatic heterocycles. The number of para-hydroxylation sites is 1. The highest BCUT2D eigenvalue weighted by Crippen LogP contribution is 2.15. The summed E-state index contributed by atoms with van der Waals surface area (Å²) in [7, 11) is 0. The van der Waals surface area contributed by atoms with E-state index in [0.29, 0.717) is 31.9 Å². The highest BCUT2D eigenvalue weighted by atomic mass is 19.1. The number of carbonyl (C=O) groups is 2. The molecule has 0 aromatic heterocycles. The number of benzene rings is 3. The zero-order valence-corrected chi connectivity index (χ0v) is 22.4. The Morgan fingerprint density at radius 3 is 2.30 bits per heavy atom. The molecule has 0 bridgehead atoms. The monoisotopic (exact) mass is 556 g/mol. The quantitative estimate of drug-likeness (QED) is 0.240. The molecule has 0 aliphatic carbocycles. The fourth-order valence-corrected chi connectivity index (χ4v) is 3.85. The first-order valence-electron chi connectivity index (χ1n) is 13.1. The van der Waals surface area contributed by atoms with E-state index in [0.717, 1.165) is 23.4 Å². The molecule has 2 N–H and O–H groups in total. The summed E-state index contributed by atoms with van der Waals surface area (Å²) in [6.07, 6.45) is -0.137. The Bertz CT molecular complexity index is 1210. The van der Waals surface area contributed by atoms with Crippen LogP contribution in [-0.2, 0) is 22.5 Å². The first kappa shape index (κ1) is 30.4. The molecule has 0 radical (unpaired) electrons. The van der Waals surface area contributed by atoms with Gasteiger partial charge in [-0.1, -0.05) is 36.4 Å². The molecule has 10 heteroatoms. The minimum Gasteiger partial charge on any atom is -0.494 e. The molecule has 8 nitrogen and oxygen atoms in total. The molecule has 0 saturated heterocycles.